The number of halogens is 1. The summed E-state index contributed by atoms with van der Waals surface area (Å²) in [4.78, 5) is 12.0. The van der Waals surface area contributed by atoms with E-state index in [1.165, 1.54) is 22.7 Å². The number of nitrogens with zero attached hydrogens (tertiary/aromatic N) is 1. The highest BCUT2D eigenvalue weighted by atomic mass is 35.5. The van der Waals surface area contributed by atoms with Crippen LogP contribution < -0.4 is 9.62 Å². The van der Waals surface area contributed by atoms with Gasteiger partial charge in [0.05, 0.1) is 11.9 Å². The van der Waals surface area contributed by atoms with Crippen molar-refractivity contribution in [3.05, 3.63) is 40.4 Å². The lowest BCUT2D eigenvalue weighted by Gasteiger charge is -2.23. The predicted octanol–water partition coefficient (Wildman–Crippen LogP) is 3.81. The van der Waals surface area contributed by atoms with Crippen LogP contribution in [0.3, 0.4) is 0 Å². The minimum absolute atomic E-state index is 0.0492. The summed E-state index contributed by atoms with van der Waals surface area (Å²) in [6, 6.07) is 5.17. The van der Waals surface area contributed by atoms with Crippen LogP contribution in [0.4, 0.5) is 5.69 Å². The highest BCUT2D eigenvalue weighted by Gasteiger charge is 2.18. The van der Waals surface area contributed by atoms with Gasteiger partial charge in [-0.1, -0.05) is 29.3 Å². The number of carbonyl (C=O) groups excluding carboxylic acids is 1. The van der Waals surface area contributed by atoms with Crippen molar-refractivity contribution < 1.29 is 13.2 Å². The molecule has 0 aliphatic heterocycles. The summed E-state index contributed by atoms with van der Waals surface area (Å²) < 4.78 is 25.5. The fourth-order valence-electron chi connectivity index (χ4n) is 2.97. The van der Waals surface area contributed by atoms with Gasteiger partial charge in [0, 0.05) is 24.5 Å². The van der Waals surface area contributed by atoms with E-state index in [2.05, 4.69) is 11.4 Å². The number of hydrogen-bond acceptors (Lipinski definition) is 3. The van der Waals surface area contributed by atoms with Gasteiger partial charge in [0.25, 0.3) is 0 Å². The summed E-state index contributed by atoms with van der Waals surface area (Å²) in [5.41, 5.74) is 2.70. The molecule has 0 saturated heterocycles. The van der Waals surface area contributed by atoms with E-state index in [-0.39, 0.29) is 12.5 Å². The number of benzene rings is 1. The van der Waals surface area contributed by atoms with Crippen molar-refractivity contribution in [3.63, 3.8) is 0 Å². The smallest absolute Gasteiger partial charge is 0.232 e. The van der Waals surface area contributed by atoms with E-state index in [1.807, 2.05) is 6.92 Å². The van der Waals surface area contributed by atoms with Crippen LogP contribution in [-0.2, 0) is 14.8 Å². The number of aryl methyl sites for hydroxylation is 1. The molecule has 7 heteroatoms. The molecule has 1 aromatic carbocycles. The largest absolute Gasteiger partial charge is 0.352 e. The maximum atomic E-state index is 12.1. The van der Waals surface area contributed by atoms with Gasteiger partial charge in [0.1, 0.15) is 0 Å². The first-order valence-corrected chi connectivity index (χ1v) is 11.2. The SMILES string of the molecule is Cc1ccc(N(CCCC(=O)NCC2=CCCCC2)S(C)(=O)=O)cc1Cl. The third-order valence-corrected chi connectivity index (χ3v) is 6.11. The normalized spacial score (nSPS) is 14.7. The lowest BCUT2D eigenvalue weighted by atomic mass is 10.00. The average Bonchev–Trinajstić information content (AvgIpc) is 2.59. The summed E-state index contributed by atoms with van der Waals surface area (Å²) >= 11 is 6.12. The first-order valence-electron chi connectivity index (χ1n) is 8.96. The molecule has 2 rings (SSSR count). The van der Waals surface area contributed by atoms with Gasteiger partial charge >= 0.3 is 0 Å². The van der Waals surface area contributed by atoms with Crippen LogP contribution in [0.15, 0.2) is 29.8 Å². The second-order valence-corrected chi connectivity index (χ2v) is 9.07. The van der Waals surface area contributed by atoms with Crippen LogP contribution >= 0.6 is 11.6 Å². The number of allylic oxidation sites excluding steroid dienone is 1. The quantitative estimate of drug-likeness (QED) is 0.677. The number of hydrogen-bond donors (Lipinski definition) is 1. The van der Waals surface area contributed by atoms with Gasteiger partial charge in [-0.3, -0.25) is 9.10 Å². The van der Waals surface area contributed by atoms with E-state index in [4.69, 9.17) is 11.6 Å². The molecule has 144 valence electrons. The van der Waals surface area contributed by atoms with Gasteiger partial charge < -0.3 is 5.32 Å². The lowest BCUT2D eigenvalue weighted by molar-refractivity contribution is -0.120. The summed E-state index contributed by atoms with van der Waals surface area (Å²) in [5, 5.41) is 3.45. The highest BCUT2D eigenvalue weighted by molar-refractivity contribution is 7.92. The minimum Gasteiger partial charge on any atom is -0.352 e. The molecule has 1 aliphatic rings. The van der Waals surface area contributed by atoms with Crippen LogP contribution in [0.1, 0.15) is 44.1 Å². The maximum Gasteiger partial charge on any atom is 0.232 e. The van der Waals surface area contributed by atoms with Gasteiger partial charge in [-0.15, -0.1) is 0 Å². The Morgan fingerprint density at radius 2 is 2.08 bits per heavy atom. The van der Waals surface area contributed by atoms with Crippen LogP contribution in [0, 0.1) is 6.92 Å². The lowest BCUT2D eigenvalue weighted by Crippen LogP contribution is -2.32. The van der Waals surface area contributed by atoms with Gasteiger partial charge in [-0.05, 0) is 56.7 Å². The van der Waals surface area contributed by atoms with Crippen molar-refractivity contribution in [1.29, 1.82) is 0 Å². The zero-order chi connectivity index (χ0) is 19.2. The fraction of sp³-hybridized carbons (Fsp3) is 0.526. The van der Waals surface area contributed by atoms with Gasteiger partial charge in [0.2, 0.25) is 15.9 Å². The predicted molar refractivity (Wildman–Crippen MR) is 107 cm³/mol. The average molecular weight is 399 g/mol. The first kappa shape index (κ1) is 20.8. The first-order chi connectivity index (χ1) is 12.3. The zero-order valence-corrected chi connectivity index (χ0v) is 17.0. The summed E-state index contributed by atoms with van der Waals surface area (Å²) in [6.07, 6.45) is 8.66. The molecule has 1 aromatic rings. The monoisotopic (exact) mass is 398 g/mol. The molecular formula is C19H27ClN2O3S. The van der Waals surface area contributed by atoms with Crippen molar-refractivity contribution in [1.82, 2.24) is 5.32 Å². The molecule has 26 heavy (non-hydrogen) atoms. The van der Waals surface area contributed by atoms with Gasteiger partial charge in [0.15, 0.2) is 0 Å². The molecule has 1 amide bonds. The Balaban J connectivity index is 1.88. The molecule has 0 atom stereocenters. The van der Waals surface area contributed by atoms with Crippen LogP contribution in [0.5, 0.6) is 0 Å². The Labute approximate surface area is 161 Å². The van der Waals surface area contributed by atoms with E-state index >= 15 is 0 Å². The van der Waals surface area contributed by atoms with E-state index in [9.17, 15) is 13.2 Å². The number of sulfonamides is 1. The molecular weight excluding hydrogens is 372 g/mol. The molecule has 0 spiro atoms. The molecule has 0 aromatic heterocycles. The molecule has 1 N–H and O–H groups in total. The summed E-state index contributed by atoms with van der Waals surface area (Å²) in [5.74, 6) is -0.0492. The van der Waals surface area contributed by atoms with E-state index in [1.54, 1.807) is 18.2 Å². The maximum absolute atomic E-state index is 12.1. The van der Waals surface area contributed by atoms with Crippen LogP contribution in [0.25, 0.3) is 0 Å². The third-order valence-electron chi connectivity index (χ3n) is 4.51. The number of anilines is 1. The van der Waals surface area contributed by atoms with Gasteiger partial charge in [-0.25, -0.2) is 8.42 Å². The van der Waals surface area contributed by atoms with Crippen molar-refractivity contribution in [2.24, 2.45) is 0 Å². The van der Waals surface area contributed by atoms with E-state index in [0.717, 1.165) is 24.7 Å². The minimum atomic E-state index is -3.44. The number of amides is 1. The highest BCUT2D eigenvalue weighted by Crippen LogP contribution is 2.25. The van der Waals surface area contributed by atoms with Gasteiger partial charge in [-0.2, -0.15) is 0 Å². The van der Waals surface area contributed by atoms with E-state index < -0.39 is 10.0 Å². The summed E-state index contributed by atoms with van der Waals surface area (Å²) in [6.45, 7) is 2.71. The zero-order valence-electron chi connectivity index (χ0n) is 15.4. The molecule has 1 aliphatic carbocycles. The Bertz CT molecular complexity index is 775. The number of nitrogens with one attached hydrogen (secondary N) is 1. The third kappa shape index (κ3) is 6.32. The Morgan fingerprint density at radius 1 is 1.31 bits per heavy atom. The second-order valence-electron chi connectivity index (χ2n) is 6.76. The Kier molecular flexibility index (Phi) is 7.53. The molecule has 0 heterocycles. The standard InChI is InChI=1S/C19H27ClN2O3S/c1-15-10-11-17(13-18(15)20)22(26(2,24)25)12-6-9-19(23)21-14-16-7-4-3-5-8-16/h7,10-11,13H,3-6,8-9,12,14H2,1-2H3,(H,21,23). The van der Waals surface area contributed by atoms with Crippen molar-refractivity contribution in [2.75, 3.05) is 23.7 Å². The van der Waals surface area contributed by atoms with Crippen LogP contribution in [0.2, 0.25) is 5.02 Å². The van der Waals surface area contributed by atoms with Crippen molar-refractivity contribution in [2.45, 2.75) is 45.4 Å². The molecule has 0 bridgehead atoms. The Morgan fingerprint density at radius 3 is 2.69 bits per heavy atom. The molecule has 0 radical (unpaired) electrons. The van der Waals surface area contributed by atoms with Crippen LogP contribution in [-0.4, -0.2) is 33.7 Å². The molecule has 5 nitrogen and oxygen atoms in total. The van der Waals surface area contributed by atoms with E-state index in [0.29, 0.717) is 30.1 Å². The molecule has 0 unspecified atom stereocenters. The second kappa shape index (κ2) is 9.42. The fourth-order valence-corrected chi connectivity index (χ4v) is 4.10. The number of rotatable bonds is 8. The summed E-state index contributed by atoms with van der Waals surface area (Å²) in [7, 11) is -3.44. The topological polar surface area (TPSA) is 66.5 Å². The number of carbonyl (C=O) groups is 1. The molecule has 0 saturated carbocycles. The Hall–Kier alpha value is -1.53. The molecule has 0 fully saturated rings. The van der Waals surface area contributed by atoms with Crippen molar-refractivity contribution >= 4 is 33.2 Å². The van der Waals surface area contributed by atoms with Crippen molar-refractivity contribution in [3.8, 4) is 0 Å².